The zero-order valence-corrected chi connectivity index (χ0v) is 94.2. The van der Waals surface area contributed by atoms with E-state index < -0.39 is 8.07 Å². The van der Waals surface area contributed by atoms with Crippen molar-refractivity contribution in [2.45, 2.75) is 117 Å². The average Bonchev–Trinajstić information content (AvgIpc) is 0.797. The van der Waals surface area contributed by atoms with Gasteiger partial charge in [0.25, 0.3) is 0 Å². The van der Waals surface area contributed by atoms with E-state index in [0.29, 0.717) is 0 Å². The van der Waals surface area contributed by atoms with Crippen molar-refractivity contribution in [1.82, 2.24) is 24.9 Å². The van der Waals surface area contributed by atoms with Gasteiger partial charge < -0.3 is 35.3 Å². The van der Waals surface area contributed by atoms with E-state index in [-0.39, 0.29) is 136 Å². The molecule has 13 aromatic carbocycles. The summed E-state index contributed by atoms with van der Waals surface area (Å²) in [5.74, 6) is -0.187. The van der Waals surface area contributed by atoms with E-state index in [1.54, 1.807) is 12.4 Å². The number of benzene rings is 13. The van der Waals surface area contributed by atoms with E-state index in [0.717, 1.165) is 101 Å². The Morgan fingerprint density at radius 3 is 1.39 bits per heavy atom. The van der Waals surface area contributed by atoms with Crippen LogP contribution in [0.3, 0.4) is 0 Å². The number of hydrogen-bond donors (Lipinski definition) is 3. The van der Waals surface area contributed by atoms with Crippen molar-refractivity contribution in [3.8, 4) is 78.5 Å². The molecule has 5 aromatic heterocycles. The first kappa shape index (κ1) is 118. The monoisotopic (exact) mass is 2750 g/mol. The van der Waals surface area contributed by atoms with Gasteiger partial charge in [0.15, 0.2) is 17.3 Å². The zero-order chi connectivity index (χ0) is 96.9. The molecule has 140 heavy (non-hydrogen) atoms. The number of aromatic nitrogens is 5. The molecule has 722 valence electrons. The number of carbonyl (C=O) groups excluding carboxylic acids is 3. The number of carbonyl (C=O) groups is 3. The molecule has 3 N–H and O–H groups in total. The number of allylic oxidation sites excluding steroid dienone is 6. The molecule has 4 radical (unpaired) electrons. The van der Waals surface area contributed by atoms with Crippen LogP contribution in [0.15, 0.2) is 369 Å². The summed E-state index contributed by atoms with van der Waals surface area (Å²) in [6, 6.07) is 129. The van der Waals surface area contributed by atoms with E-state index in [2.05, 4.69) is 277 Å². The molecule has 0 aliphatic rings. The molecule has 18 heteroatoms. The van der Waals surface area contributed by atoms with Gasteiger partial charge in [0.1, 0.15) is 0 Å². The fourth-order valence-corrected chi connectivity index (χ4v) is 15.5. The molecule has 12 nitrogen and oxygen atoms in total. The number of pyridine rings is 5. The molecule has 0 aliphatic heterocycles. The Hall–Kier alpha value is -12.5. The van der Waals surface area contributed by atoms with E-state index >= 15 is 0 Å². The topological polar surface area (TPSA) is 189 Å². The van der Waals surface area contributed by atoms with E-state index in [9.17, 15) is 14.4 Å². The van der Waals surface area contributed by atoms with E-state index in [4.69, 9.17) is 25.3 Å². The van der Waals surface area contributed by atoms with Gasteiger partial charge in [-0.15, -0.1) is 242 Å². The molecule has 5 heterocycles. The predicted octanol–water partition coefficient (Wildman–Crippen LogP) is 29.6. The third-order valence-corrected chi connectivity index (χ3v) is 22.5. The number of aryl methyl sites for hydroxylation is 8. The zero-order valence-electron chi connectivity index (χ0n) is 81.4. The van der Waals surface area contributed by atoms with Crippen LogP contribution in [0.5, 0.6) is 0 Å². The van der Waals surface area contributed by atoms with E-state index in [1.807, 2.05) is 188 Å². The van der Waals surface area contributed by atoms with Crippen LogP contribution in [0.4, 0.5) is 5.69 Å². The van der Waals surface area contributed by atoms with Crippen LogP contribution in [0, 0.1) is 104 Å². The minimum absolute atomic E-state index is 0. The number of nitrogens with zero attached hydrogens (tertiary/aromatic N) is 6. The second kappa shape index (κ2) is 59.8. The molecule has 0 fully saturated rings. The Labute approximate surface area is 895 Å². The number of aliphatic hydroxyl groups is 3. The summed E-state index contributed by atoms with van der Waals surface area (Å²) in [7, 11) is -1.28. The Morgan fingerprint density at radius 1 is 0.350 bits per heavy atom. The molecule has 18 rings (SSSR count). The number of para-hydroxylation sites is 1. The minimum atomic E-state index is -1.28. The van der Waals surface area contributed by atoms with Gasteiger partial charge >= 0.3 is 21.1 Å². The van der Waals surface area contributed by atoms with Crippen LogP contribution in [0.2, 0.25) is 19.6 Å². The van der Waals surface area contributed by atoms with Crippen LogP contribution in [-0.4, -0.2) is 71.9 Å². The summed E-state index contributed by atoms with van der Waals surface area (Å²) in [5, 5.41) is 35.1. The smallest absolute Gasteiger partial charge is 0.512 e. The average molecular weight is 2750 g/mol. The molecule has 0 amide bonds. The molecule has 0 atom stereocenters. The van der Waals surface area contributed by atoms with Crippen molar-refractivity contribution in [2.75, 3.05) is 0 Å². The molecule has 0 saturated heterocycles. The normalized spacial score (nSPS) is 10.6. The summed E-state index contributed by atoms with van der Waals surface area (Å²) in [6.07, 6.45) is 12.8. The number of rotatable bonds is 13. The second-order valence-electron chi connectivity index (χ2n) is 33.5. The van der Waals surface area contributed by atoms with Gasteiger partial charge in [-0.2, -0.15) is 29.8 Å². The van der Waals surface area contributed by atoms with Gasteiger partial charge in [-0.1, -0.05) is 227 Å². The van der Waals surface area contributed by atoms with Crippen LogP contribution in [0.1, 0.15) is 91.6 Å². The summed E-state index contributed by atoms with van der Waals surface area (Å²) >= 11 is 0. The summed E-state index contributed by atoms with van der Waals surface area (Å²) in [6.45, 7) is 32.6. The van der Waals surface area contributed by atoms with Crippen LogP contribution >= 0.6 is 0 Å². The quantitative estimate of drug-likeness (QED) is 0.0328. The maximum absolute atomic E-state index is 10.0. The number of aliphatic imine (C=N–C) groups is 1. The van der Waals surface area contributed by atoms with Crippen molar-refractivity contribution in [1.29, 1.82) is 0 Å². The Bertz CT molecular complexity index is 7030. The largest absolute Gasteiger partial charge is 2.00 e. The summed E-state index contributed by atoms with van der Waals surface area (Å²) in [4.78, 5) is 57.2. The van der Waals surface area contributed by atoms with Crippen LogP contribution < -0.4 is 5.19 Å². The molecule has 0 aliphatic carbocycles. The molecular weight excluding hydrogens is 2640 g/mol. The molecule has 0 saturated carbocycles. The van der Waals surface area contributed by atoms with Crippen LogP contribution in [0.25, 0.3) is 122 Å². The number of aliphatic hydroxyl groups excluding tert-OH is 3. The van der Waals surface area contributed by atoms with Crippen LogP contribution in [-0.2, 0) is 116 Å². The van der Waals surface area contributed by atoms with Gasteiger partial charge in [0.05, 0.1) is 30.9 Å². The predicted molar refractivity (Wildman–Crippen MR) is 562 cm³/mol. The van der Waals surface area contributed by atoms with Crippen molar-refractivity contribution in [3.05, 3.63) is 462 Å². The fourth-order valence-electron chi connectivity index (χ4n) is 14.3. The number of ketones is 3. The fraction of sp³-hybridized carbons (Fsp3) is 0.139. The van der Waals surface area contributed by atoms with Crippen molar-refractivity contribution in [2.24, 2.45) is 4.99 Å². The standard InChI is InChI=1S/C24H16N2.C20H22NSi.C20H18.C17H14N.C15H10N.C11H8N.3C5H8O2.4Ir.Pt/c1-2-10-20(11-3-1)22-13-4-5-15-24(22)26-18-19-9-8-12-21(17-19)23-14-6-7-16-25-23;1-14-10-15(2)12-17(11-14)20-8-6-16-13-18(22(3,4)5)7-9-19(16)21-20;1-13-5-6-20-16(4)11-18(12-19(20)8-13)17-9-14(2)7-15(3)10-17;1-12-6-5-8-14(10-12)17-13(2)16-9-4-3-7-15(16)11-18-17;1-2-6-12(7-3-1)15-10-13-8-4-5-9-14(13)11-16-15;1-2-6-10(7-3-1)11-8-4-5-9-12-11;3*1-4(6)3-5(2)7;;;;;/h1-10,12-16,18H;6-11,13H,1-5H3;5-9,11H,1-4H3;3-7,9-11H,1-2H3;1-6,8-11H;1-6,8-9H;3*3,6H,1-2H3;;;;;/q-2;-1;-2;3*-1;;;;;;;;+2. The summed E-state index contributed by atoms with van der Waals surface area (Å²) < 4.78 is 0. The Morgan fingerprint density at radius 2 is 0.843 bits per heavy atom. The first-order valence-electron chi connectivity index (χ1n) is 44.4. The van der Waals surface area contributed by atoms with Crippen molar-refractivity contribution >= 4 is 85.7 Å². The minimum Gasteiger partial charge on any atom is -0.512 e. The number of hydrogen-bond acceptors (Lipinski definition) is 12. The van der Waals surface area contributed by atoms with Gasteiger partial charge in [-0.3, -0.25) is 24.4 Å². The van der Waals surface area contributed by atoms with Crippen molar-refractivity contribution in [3.63, 3.8) is 0 Å². The third kappa shape index (κ3) is 38.6. The van der Waals surface area contributed by atoms with E-state index in [1.165, 1.54) is 142 Å². The molecular formula is C122H112Ir4N6O6PtSi-6. The number of fused-ring (bicyclic) bond motifs is 4. The molecule has 0 unspecified atom stereocenters. The summed E-state index contributed by atoms with van der Waals surface area (Å²) in [5.41, 5.74) is 27.2. The van der Waals surface area contributed by atoms with Gasteiger partial charge in [-0.05, 0) is 136 Å². The Kier molecular flexibility index (Phi) is 50.4. The van der Waals surface area contributed by atoms with Gasteiger partial charge in [-0.25, -0.2) is 5.56 Å². The van der Waals surface area contributed by atoms with Gasteiger partial charge in [0.2, 0.25) is 0 Å². The SMILES string of the molecule is CC(=O)C=C(C)O.CC(=O)C=C(C)O.CC(=O)C=C(C)O.Cc1[c-]c(-c2[c-]c3cc(C)ccc3c(C)c2)cc(C)c1.Cc1[c-]c(-c2ccc3cc([Si](C)(C)C)ccc3n2)cc(C)c1.Cc1cc[c-]c(-c2ncc3ccccc3c2C)c1.[Ir].[Ir].[Ir].[Ir].[Pt+2].[c-]1c(C=Nc2ccccc2-c2[c-]cccc2)cccc1-c1ccccn1.[c-]1ccccc1-c1cc2ccccc2cn1.[c-]1ccccc1-c1ccccn1. The maximum atomic E-state index is 10.0. The second-order valence-corrected chi connectivity index (χ2v) is 38.6. The molecule has 0 bridgehead atoms. The Balaban J connectivity index is 0.000000285. The molecule has 0 spiro atoms. The maximum Gasteiger partial charge on any atom is 2.00 e. The van der Waals surface area contributed by atoms with Crippen molar-refractivity contribution < 1.29 is 131 Å². The van der Waals surface area contributed by atoms with Gasteiger partial charge in [0, 0.05) is 135 Å². The first-order chi connectivity index (χ1) is 64.8. The third-order valence-electron chi connectivity index (χ3n) is 20.4. The first-order valence-corrected chi connectivity index (χ1v) is 47.9. The molecule has 18 aromatic rings.